The molecule has 1 aromatic rings. The number of hydrazine groups is 1. The van der Waals surface area contributed by atoms with Crippen LogP contribution in [-0.4, -0.2) is 17.6 Å². The average Bonchev–Trinajstić information content (AvgIpc) is 2.59. The van der Waals surface area contributed by atoms with Gasteiger partial charge in [0, 0.05) is 9.92 Å². The quantitative estimate of drug-likeness (QED) is 0.567. The maximum Gasteiger partial charge on any atom is 0.248 e. The first-order chi connectivity index (χ1) is 12.4. The van der Waals surface area contributed by atoms with Crippen molar-refractivity contribution in [2.75, 3.05) is 5.75 Å². The van der Waals surface area contributed by atoms with E-state index in [1.807, 2.05) is 0 Å². The van der Waals surface area contributed by atoms with Crippen molar-refractivity contribution >= 4 is 46.8 Å². The van der Waals surface area contributed by atoms with Crippen LogP contribution in [-0.2, 0) is 9.59 Å². The van der Waals surface area contributed by atoms with Gasteiger partial charge in [0.25, 0.3) is 0 Å². The third kappa shape index (κ3) is 3.71. The molecule has 1 aromatic carbocycles. The Kier molecular flexibility index (Phi) is 5.15. The summed E-state index contributed by atoms with van der Waals surface area (Å²) in [5.41, 5.74) is 5.01. The van der Waals surface area contributed by atoms with Crippen molar-refractivity contribution in [2.24, 2.45) is 23.2 Å². The van der Waals surface area contributed by atoms with Crippen molar-refractivity contribution in [3.8, 4) is 0 Å². The fourth-order valence-electron chi connectivity index (χ4n) is 5.41. The molecule has 0 atom stereocenters. The molecule has 4 fully saturated rings. The van der Waals surface area contributed by atoms with Gasteiger partial charge in [0.15, 0.2) is 0 Å². The Hall–Kier alpha value is -0.910. The number of nitrogens with one attached hydrogen (secondary N) is 2. The predicted molar refractivity (Wildman–Crippen MR) is 104 cm³/mol. The lowest BCUT2D eigenvalue weighted by atomic mass is 9.49. The molecule has 2 N–H and O–H groups in total. The van der Waals surface area contributed by atoms with Gasteiger partial charge in [-0.25, -0.2) is 0 Å². The molecule has 7 heteroatoms. The molecule has 2 amide bonds. The van der Waals surface area contributed by atoms with Crippen LogP contribution >= 0.6 is 35.0 Å². The fourth-order valence-corrected chi connectivity index (χ4v) is 6.71. The van der Waals surface area contributed by atoms with E-state index in [1.54, 1.807) is 18.2 Å². The molecular weight excluding hydrogens is 391 g/mol. The number of hydrogen-bond acceptors (Lipinski definition) is 3. The van der Waals surface area contributed by atoms with E-state index in [0.29, 0.717) is 27.8 Å². The molecule has 4 nitrogen and oxygen atoms in total. The molecule has 4 aliphatic rings. The van der Waals surface area contributed by atoms with Gasteiger partial charge in [-0.2, -0.15) is 0 Å². The third-order valence-corrected chi connectivity index (χ3v) is 7.82. The number of thioether (sulfide) groups is 1. The highest BCUT2D eigenvalue weighted by Gasteiger charge is 2.54. The van der Waals surface area contributed by atoms with E-state index in [1.165, 1.54) is 31.0 Å². The number of hydrogen-bond donors (Lipinski definition) is 2. The first-order valence-electron chi connectivity index (χ1n) is 9.11. The second-order valence-corrected chi connectivity index (χ2v) is 9.92. The van der Waals surface area contributed by atoms with Gasteiger partial charge in [-0.1, -0.05) is 23.2 Å². The SMILES string of the molecule is O=C(CSc1cc(Cl)ccc1Cl)NNC(=O)C12CC3CC(CC(C3)C1)C2. The second kappa shape index (κ2) is 7.25. The van der Waals surface area contributed by atoms with Crippen molar-refractivity contribution in [1.29, 1.82) is 0 Å². The molecule has 0 unspecified atom stereocenters. The summed E-state index contributed by atoms with van der Waals surface area (Å²) in [6, 6.07) is 5.15. The largest absolute Gasteiger partial charge is 0.273 e. The van der Waals surface area contributed by atoms with Gasteiger partial charge in [-0.05, 0) is 74.5 Å². The zero-order valence-corrected chi connectivity index (χ0v) is 16.7. The molecule has 0 saturated heterocycles. The summed E-state index contributed by atoms with van der Waals surface area (Å²) in [4.78, 5) is 25.7. The summed E-state index contributed by atoms with van der Waals surface area (Å²) >= 11 is 13.4. The van der Waals surface area contributed by atoms with Crippen LogP contribution in [0, 0.1) is 23.2 Å². The Labute approximate surface area is 167 Å². The number of benzene rings is 1. The standard InChI is InChI=1S/C19H22Cl2N2O2S/c20-14-1-2-15(21)16(6-14)26-10-17(24)22-23-18(25)19-7-11-3-12(8-19)5-13(4-11)9-19/h1-2,6,11-13H,3-5,7-10H2,(H,22,24)(H,23,25). The molecule has 0 radical (unpaired) electrons. The maximum absolute atomic E-state index is 12.8. The van der Waals surface area contributed by atoms with Crippen molar-refractivity contribution < 1.29 is 9.59 Å². The summed E-state index contributed by atoms with van der Waals surface area (Å²) in [5, 5.41) is 1.14. The number of carbonyl (C=O) groups excluding carboxylic acids is 2. The topological polar surface area (TPSA) is 58.2 Å². The van der Waals surface area contributed by atoms with E-state index < -0.39 is 0 Å². The molecule has 5 rings (SSSR count). The number of halogens is 2. The molecule has 0 aliphatic heterocycles. The highest BCUT2D eigenvalue weighted by atomic mass is 35.5. The van der Waals surface area contributed by atoms with Crippen molar-refractivity contribution in [1.82, 2.24) is 10.9 Å². The van der Waals surface area contributed by atoms with E-state index in [4.69, 9.17) is 23.2 Å². The lowest BCUT2D eigenvalue weighted by Gasteiger charge is -2.55. The van der Waals surface area contributed by atoms with E-state index in [9.17, 15) is 9.59 Å². The van der Waals surface area contributed by atoms with E-state index in [2.05, 4.69) is 10.9 Å². The number of amides is 2. The van der Waals surface area contributed by atoms with Gasteiger partial charge in [0.2, 0.25) is 11.8 Å². The lowest BCUT2D eigenvalue weighted by molar-refractivity contribution is -0.148. The second-order valence-electron chi connectivity index (χ2n) is 8.06. The molecule has 4 bridgehead atoms. The molecule has 26 heavy (non-hydrogen) atoms. The smallest absolute Gasteiger partial charge is 0.248 e. The van der Waals surface area contributed by atoms with Gasteiger partial charge in [0.1, 0.15) is 0 Å². The van der Waals surface area contributed by atoms with Crippen LogP contribution in [0.1, 0.15) is 38.5 Å². The lowest BCUT2D eigenvalue weighted by Crippen LogP contribution is -2.56. The molecule has 140 valence electrons. The molecule has 4 aliphatic carbocycles. The Bertz CT molecular complexity index is 705. The Balaban J connectivity index is 1.29. The minimum atomic E-state index is -0.258. The predicted octanol–water partition coefficient (Wildman–Crippen LogP) is 4.45. The highest BCUT2D eigenvalue weighted by molar-refractivity contribution is 8.00. The van der Waals surface area contributed by atoms with Gasteiger partial charge < -0.3 is 0 Å². The highest BCUT2D eigenvalue weighted by Crippen LogP contribution is 2.60. The van der Waals surface area contributed by atoms with Crippen LogP contribution < -0.4 is 10.9 Å². The van der Waals surface area contributed by atoms with Crippen LogP contribution in [0.4, 0.5) is 0 Å². The summed E-state index contributed by atoms with van der Waals surface area (Å²) in [5.74, 6) is 2.01. The Morgan fingerprint density at radius 3 is 2.27 bits per heavy atom. The molecule has 0 spiro atoms. The van der Waals surface area contributed by atoms with Crippen molar-refractivity contribution in [2.45, 2.75) is 43.4 Å². The van der Waals surface area contributed by atoms with Gasteiger partial charge in [-0.15, -0.1) is 11.8 Å². The van der Waals surface area contributed by atoms with Gasteiger partial charge >= 0.3 is 0 Å². The minimum absolute atomic E-state index is 0.00395. The molecule has 4 saturated carbocycles. The van der Waals surface area contributed by atoms with Crippen molar-refractivity contribution in [3.63, 3.8) is 0 Å². The third-order valence-electron chi connectivity index (χ3n) is 6.09. The first kappa shape index (κ1) is 18.5. The van der Waals surface area contributed by atoms with Crippen LogP contribution in [0.25, 0.3) is 0 Å². The Morgan fingerprint density at radius 2 is 1.65 bits per heavy atom. The van der Waals surface area contributed by atoms with E-state index in [0.717, 1.165) is 24.2 Å². The van der Waals surface area contributed by atoms with Crippen LogP contribution in [0.15, 0.2) is 23.1 Å². The Morgan fingerprint density at radius 1 is 1.04 bits per heavy atom. The normalized spacial score (nSPS) is 31.7. The van der Waals surface area contributed by atoms with Gasteiger partial charge in [-0.3, -0.25) is 20.4 Å². The van der Waals surface area contributed by atoms with Crippen molar-refractivity contribution in [3.05, 3.63) is 28.2 Å². The van der Waals surface area contributed by atoms with Crippen LogP contribution in [0.5, 0.6) is 0 Å². The fraction of sp³-hybridized carbons (Fsp3) is 0.579. The zero-order chi connectivity index (χ0) is 18.3. The monoisotopic (exact) mass is 412 g/mol. The molecule has 0 heterocycles. The minimum Gasteiger partial charge on any atom is -0.273 e. The first-order valence-corrected chi connectivity index (χ1v) is 10.8. The summed E-state index contributed by atoms with van der Waals surface area (Å²) in [6.45, 7) is 0. The van der Waals surface area contributed by atoms with Crippen LogP contribution in [0.2, 0.25) is 10.0 Å². The number of rotatable bonds is 4. The van der Waals surface area contributed by atoms with E-state index >= 15 is 0 Å². The summed E-state index contributed by atoms with van der Waals surface area (Å²) < 4.78 is 0. The van der Waals surface area contributed by atoms with E-state index in [-0.39, 0.29) is 23.0 Å². The average molecular weight is 413 g/mol. The summed E-state index contributed by atoms with van der Waals surface area (Å²) in [6.07, 6.45) is 6.80. The molecular formula is C19H22Cl2N2O2S. The molecule has 0 aromatic heterocycles. The zero-order valence-electron chi connectivity index (χ0n) is 14.4. The number of carbonyl (C=O) groups is 2. The maximum atomic E-state index is 12.8. The van der Waals surface area contributed by atoms with Crippen LogP contribution in [0.3, 0.4) is 0 Å². The van der Waals surface area contributed by atoms with Gasteiger partial charge in [0.05, 0.1) is 16.2 Å². The summed E-state index contributed by atoms with van der Waals surface area (Å²) in [7, 11) is 0.